The summed E-state index contributed by atoms with van der Waals surface area (Å²) >= 11 is 0. The van der Waals surface area contributed by atoms with Gasteiger partial charge in [-0.3, -0.25) is 4.79 Å². The minimum absolute atomic E-state index is 0.0172. The zero-order valence-corrected chi connectivity index (χ0v) is 17.7. The second-order valence-electron chi connectivity index (χ2n) is 7.39. The van der Waals surface area contributed by atoms with E-state index in [1.807, 2.05) is 19.9 Å². The van der Waals surface area contributed by atoms with E-state index in [9.17, 15) is 18.0 Å². The van der Waals surface area contributed by atoms with Gasteiger partial charge in [-0.15, -0.1) is 0 Å². The molecule has 0 spiro atoms. The molecular weight excluding hydrogens is 394 g/mol. The normalized spacial score (nSPS) is 18.1. The first-order valence-electron chi connectivity index (χ1n) is 10.0. The minimum atomic E-state index is -3.08. The molecule has 8 heteroatoms. The van der Waals surface area contributed by atoms with Gasteiger partial charge < -0.3 is 14.1 Å². The molecule has 2 heterocycles. The van der Waals surface area contributed by atoms with Gasteiger partial charge in [0.2, 0.25) is 0 Å². The summed E-state index contributed by atoms with van der Waals surface area (Å²) in [5, 5.41) is 0.839. The largest absolute Gasteiger partial charge is 0.484 e. The zero-order chi connectivity index (χ0) is 21.0. The number of aryl methyl sites for hydroxylation is 1. The Morgan fingerprint density at radius 3 is 2.72 bits per heavy atom. The number of unbranched alkanes of at least 4 members (excludes halogenated alkanes) is 1. The van der Waals surface area contributed by atoms with Crippen LogP contribution in [0.25, 0.3) is 11.0 Å². The van der Waals surface area contributed by atoms with Crippen molar-refractivity contribution < 1.29 is 22.4 Å². The number of fused-ring (bicyclic) bond motifs is 1. The zero-order valence-electron chi connectivity index (χ0n) is 16.8. The summed E-state index contributed by atoms with van der Waals surface area (Å²) in [4.78, 5) is 26.1. The summed E-state index contributed by atoms with van der Waals surface area (Å²) in [5.74, 6) is 0.336. The molecule has 0 saturated carbocycles. The molecule has 0 unspecified atom stereocenters. The van der Waals surface area contributed by atoms with Crippen molar-refractivity contribution in [1.29, 1.82) is 0 Å². The number of ether oxygens (including phenoxy) is 1. The van der Waals surface area contributed by atoms with Gasteiger partial charge in [-0.05, 0) is 37.0 Å². The first-order chi connectivity index (χ1) is 13.8. The molecule has 1 aromatic carbocycles. The van der Waals surface area contributed by atoms with Gasteiger partial charge in [-0.1, -0.05) is 20.3 Å². The third-order valence-corrected chi connectivity index (χ3v) is 7.02. The fraction of sp³-hybridized carbons (Fsp3) is 0.524. The van der Waals surface area contributed by atoms with Gasteiger partial charge in [0.05, 0.1) is 11.5 Å². The topological polar surface area (TPSA) is 93.9 Å². The van der Waals surface area contributed by atoms with Crippen LogP contribution in [0.5, 0.6) is 5.75 Å². The number of nitrogens with zero attached hydrogens (tertiary/aromatic N) is 1. The summed E-state index contributed by atoms with van der Waals surface area (Å²) < 4.78 is 34.6. The summed E-state index contributed by atoms with van der Waals surface area (Å²) in [5.41, 5.74) is 0.895. The van der Waals surface area contributed by atoms with Crippen molar-refractivity contribution in [1.82, 2.24) is 4.90 Å². The van der Waals surface area contributed by atoms with E-state index < -0.39 is 15.5 Å². The molecule has 0 bridgehead atoms. The van der Waals surface area contributed by atoms with E-state index in [2.05, 4.69) is 0 Å². The molecule has 1 aliphatic heterocycles. The maximum absolute atomic E-state index is 12.8. The van der Waals surface area contributed by atoms with E-state index in [0.717, 1.165) is 23.8 Å². The monoisotopic (exact) mass is 421 g/mol. The highest BCUT2D eigenvalue weighted by atomic mass is 32.2. The molecule has 3 rings (SSSR count). The van der Waals surface area contributed by atoms with Crippen molar-refractivity contribution in [2.75, 3.05) is 24.7 Å². The first-order valence-corrected chi connectivity index (χ1v) is 11.8. The summed E-state index contributed by atoms with van der Waals surface area (Å²) in [6, 6.07) is 6.36. The van der Waals surface area contributed by atoms with Gasteiger partial charge in [0, 0.05) is 30.1 Å². The molecule has 1 saturated heterocycles. The third-order valence-electron chi connectivity index (χ3n) is 5.27. The van der Waals surface area contributed by atoms with Crippen molar-refractivity contribution in [2.24, 2.45) is 0 Å². The predicted octanol–water partition coefficient (Wildman–Crippen LogP) is 2.55. The Hall–Kier alpha value is -2.35. The number of hydrogen-bond acceptors (Lipinski definition) is 6. The van der Waals surface area contributed by atoms with Crippen LogP contribution in [-0.2, 0) is 21.1 Å². The Labute approximate surface area is 170 Å². The van der Waals surface area contributed by atoms with Crippen molar-refractivity contribution in [3.63, 3.8) is 0 Å². The van der Waals surface area contributed by atoms with E-state index in [-0.39, 0.29) is 30.1 Å². The molecule has 1 amide bonds. The van der Waals surface area contributed by atoms with E-state index in [4.69, 9.17) is 9.15 Å². The molecule has 7 nitrogen and oxygen atoms in total. The maximum Gasteiger partial charge on any atom is 0.336 e. The van der Waals surface area contributed by atoms with Gasteiger partial charge in [0.25, 0.3) is 5.91 Å². The Balaban J connectivity index is 1.73. The van der Waals surface area contributed by atoms with Gasteiger partial charge in [0.1, 0.15) is 11.3 Å². The molecule has 2 aromatic rings. The minimum Gasteiger partial charge on any atom is -0.484 e. The molecule has 1 aliphatic rings. The van der Waals surface area contributed by atoms with Gasteiger partial charge in [-0.25, -0.2) is 13.2 Å². The average molecular weight is 422 g/mol. The molecular formula is C21H27NO6S. The Morgan fingerprint density at radius 2 is 2.07 bits per heavy atom. The Morgan fingerprint density at radius 1 is 1.28 bits per heavy atom. The molecule has 1 atom stereocenters. The lowest BCUT2D eigenvalue weighted by Crippen LogP contribution is -2.44. The van der Waals surface area contributed by atoms with E-state index in [0.29, 0.717) is 30.7 Å². The van der Waals surface area contributed by atoms with Crippen LogP contribution in [0, 0.1) is 0 Å². The van der Waals surface area contributed by atoms with Crippen LogP contribution in [0.15, 0.2) is 33.5 Å². The number of benzene rings is 1. The van der Waals surface area contributed by atoms with E-state index in [1.54, 1.807) is 17.0 Å². The molecule has 0 aliphatic carbocycles. The SMILES string of the molecule is CCCCN(C(=O)COc1ccc2c(CC)cc(=O)oc2c1)[C@@H]1CCS(=O)(=O)C1. The quantitative estimate of drug-likeness (QED) is 0.608. The highest BCUT2D eigenvalue weighted by Crippen LogP contribution is 2.24. The molecule has 0 radical (unpaired) electrons. The molecule has 1 aromatic heterocycles. The van der Waals surface area contributed by atoms with Crippen molar-refractivity contribution in [2.45, 2.75) is 45.6 Å². The number of amides is 1. The van der Waals surface area contributed by atoms with Crippen LogP contribution in [0.3, 0.4) is 0 Å². The van der Waals surface area contributed by atoms with E-state index in [1.165, 1.54) is 6.07 Å². The number of carbonyl (C=O) groups is 1. The highest BCUT2D eigenvalue weighted by molar-refractivity contribution is 7.91. The fourth-order valence-electron chi connectivity index (χ4n) is 3.68. The van der Waals surface area contributed by atoms with Crippen LogP contribution < -0.4 is 10.4 Å². The number of sulfone groups is 1. The second kappa shape index (κ2) is 8.98. The second-order valence-corrected chi connectivity index (χ2v) is 9.62. The van der Waals surface area contributed by atoms with E-state index >= 15 is 0 Å². The van der Waals surface area contributed by atoms with Crippen LogP contribution in [0.1, 0.15) is 38.7 Å². The van der Waals surface area contributed by atoms with Crippen LogP contribution >= 0.6 is 0 Å². The van der Waals surface area contributed by atoms with Crippen LogP contribution in [0.2, 0.25) is 0 Å². The van der Waals surface area contributed by atoms with Crippen molar-refractivity contribution >= 4 is 26.7 Å². The lowest BCUT2D eigenvalue weighted by Gasteiger charge is -2.28. The first kappa shape index (κ1) is 21.4. The summed E-state index contributed by atoms with van der Waals surface area (Å²) in [6.45, 7) is 4.32. The van der Waals surface area contributed by atoms with Gasteiger partial charge >= 0.3 is 5.63 Å². The highest BCUT2D eigenvalue weighted by Gasteiger charge is 2.34. The Bertz CT molecular complexity index is 1040. The lowest BCUT2D eigenvalue weighted by molar-refractivity contribution is -0.135. The molecule has 158 valence electrons. The standard InChI is InChI=1S/C21H27NO6S/c1-3-5-9-22(16-8-10-29(25,26)14-16)20(23)13-27-17-6-7-18-15(4-2)11-21(24)28-19(18)12-17/h6-7,11-12,16H,3-5,8-10,13-14H2,1-2H3/t16-/m1/s1. The average Bonchev–Trinajstić information content (AvgIpc) is 3.05. The summed E-state index contributed by atoms with van der Waals surface area (Å²) in [6.07, 6.45) is 2.90. The smallest absolute Gasteiger partial charge is 0.336 e. The van der Waals surface area contributed by atoms with Gasteiger partial charge in [-0.2, -0.15) is 0 Å². The maximum atomic E-state index is 12.8. The fourth-order valence-corrected chi connectivity index (χ4v) is 5.41. The van der Waals surface area contributed by atoms with Crippen molar-refractivity contribution in [3.8, 4) is 5.75 Å². The number of rotatable bonds is 8. The van der Waals surface area contributed by atoms with Crippen LogP contribution in [0.4, 0.5) is 0 Å². The van der Waals surface area contributed by atoms with Crippen LogP contribution in [-0.4, -0.2) is 49.9 Å². The molecule has 1 fully saturated rings. The molecule has 0 N–H and O–H groups in total. The van der Waals surface area contributed by atoms with Crippen molar-refractivity contribution in [3.05, 3.63) is 40.2 Å². The molecule has 29 heavy (non-hydrogen) atoms. The Kier molecular flexibility index (Phi) is 6.62. The number of carbonyl (C=O) groups excluding carboxylic acids is 1. The van der Waals surface area contributed by atoms with Gasteiger partial charge in [0.15, 0.2) is 16.4 Å². The summed E-state index contributed by atoms with van der Waals surface area (Å²) in [7, 11) is -3.08. The lowest BCUT2D eigenvalue weighted by atomic mass is 10.1. The number of hydrogen-bond donors (Lipinski definition) is 0. The predicted molar refractivity (Wildman–Crippen MR) is 111 cm³/mol. The third kappa shape index (κ3) is 5.18.